The molecule has 0 unspecified atom stereocenters. The van der Waals surface area contributed by atoms with Crippen molar-refractivity contribution in [1.82, 2.24) is 10.1 Å². The van der Waals surface area contributed by atoms with Gasteiger partial charge < -0.3 is 9.63 Å². The van der Waals surface area contributed by atoms with Crippen LogP contribution in [0.4, 0.5) is 0 Å². The Morgan fingerprint density at radius 1 is 1.05 bits per heavy atom. The van der Waals surface area contributed by atoms with Crippen LogP contribution in [-0.4, -0.2) is 15.2 Å². The van der Waals surface area contributed by atoms with Crippen molar-refractivity contribution >= 4 is 23.2 Å². The second-order valence-corrected chi connectivity index (χ2v) is 4.86. The highest BCUT2D eigenvalue weighted by atomic mass is 35.5. The Morgan fingerprint density at radius 3 is 2.65 bits per heavy atom. The zero-order valence-corrected chi connectivity index (χ0v) is 11.6. The highest BCUT2D eigenvalue weighted by Gasteiger charge is 2.15. The minimum atomic E-state index is 0.134. The summed E-state index contributed by atoms with van der Waals surface area (Å²) < 4.78 is 5.19. The van der Waals surface area contributed by atoms with E-state index < -0.39 is 0 Å². The first-order chi connectivity index (χ1) is 9.65. The molecule has 0 amide bonds. The van der Waals surface area contributed by atoms with E-state index in [-0.39, 0.29) is 11.6 Å². The third-order valence-corrected chi connectivity index (χ3v) is 3.53. The molecule has 1 N–H and O–H groups in total. The van der Waals surface area contributed by atoms with Gasteiger partial charge in [-0.15, -0.1) is 0 Å². The first-order valence-corrected chi connectivity index (χ1v) is 6.48. The number of aromatic nitrogens is 2. The maximum atomic E-state index is 9.45. The van der Waals surface area contributed by atoms with Crippen LogP contribution in [0.3, 0.4) is 0 Å². The second-order valence-electron chi connectivity index (χ2n) is 4.07. The lowest BCUT2D eigenvalue weighted by molar-refractivity contribution is 0.432. The summed E-state index contributed by atoms with van der Waals surface area (Å²) in [6.45, 7) is 0. The van der Waals surface area contributed by atoms with Crippen LogP contribution in [0.2, 0.25) is 10.0 Å². The number of aromatic hydroxyl groups is 1. The number of phenols is 1. The monoisotopic (exact) mass is 306 g/mol. The van der Waals surface area contributed by atoms with Gasteiger partial charge in [0.1, 0.15) is 5.75 Å². The Labute approximate surface area is 124 Å². The van der Waals surface area contributed by atoms with Crippen LogP contribution in [0.5, 0.6) is 5.75 Å². The smallest absolute Gasteiger partial charge is 0.259 e. The lowest BCUT2D eigenvalue weighted by atomic mass is 10.2. The Morgan fingerprint density at radius 2 is 1.85 bits per heavy atom. The fraction of sp³-hybridized carbons (Fsp3) is 0. The maximum Gasteiger partial charge on any atom is 0.259 e. The number of halogens is 2. The van der Waals surface area contributed by atoms with Crippen molar-refractivity contribution in [2.75, 3.05) is 0 Å². The molecule has 20 heavy (non-hydrogen) atoms. The first kappa shape index (κ1) is 13.0. The predicted octanol–water partition coefficient (Wildman–Crippen LogP) is 4.42. The average Bonchev–Trinajstić information content (AvgIpc) is 2.91. The number of hydrogen-bond acceptors (Lipinski definition) is 4. The van der Waals surface area contributed by atoms with Crippen molar-refractivity contribution < 1.29 is 9.63 Å². The second kappa shape index (κ2) is 5.15. The van der Waals surface area contributed by atoms with Crippen LogP contribution < -0.4 is 0 Å². The van der Waals surface area contributed by atoms with Gasteiger partial charge in [-0.25, -0.2) is 0 Å². The van der Waals surface area contributed by atoms with Crippen LogP contribution in [0.1, 0.15) is 0 Å². The third-order valence-electron chi connectivity index (χ3n) is 2.71. The molecule has 0 atom stereocenters. The standard InChI is InChI=1S/C14H8Cl2N2O2/c15-11-6-2-5-10(12(11)16)14-17-13(18-20-14)8-3-1-4-9(19)7-8/h1-7,19H. The lowest BCUT2D eigenvalue weighted by Gasteiger charge is -1.99. The Kier molecular flexibility index (Phi) is 3.34. The van der Waals surface area contributed by atoms with E-state index in [1.807, 2.05) is 0 Å². The summed E-state index contributed by atoms with van der Waals surface area (Å²) in [5.41, 5.74) is 1.22. The topological polar surface area (TPSA) is 59.2 Å². The number of hydrogen-bond donors (Lipinski definition) is 1. The van der Waals surface area contributed by atoms with E-state index in [4.69, 9.17) is 27.7 Å². The van der Waals surface area contributed by atoms with E-state index in [9.17, 15) is 5.11 Å². The Balaban J connectivity index is 2.04. The van der Waals surface area contributed by atoms with Gasteiger partial charge in [-0.3, -0.25) is 0 Å². The molecule has 0 radical (unpaired) electrons. The molecule has 4 nitrogen and oxygen atoms in total. The minimum Gasteiger partial charge on any atom is -0.508 e. The molecule has 0 fully saturated rings. The molecule has 3 aromatic rings. The molecule has 1 aromatic heterocycles. The fourth-order valence-electron chi connectivity index (χ4n) is 1.76. The average molecular weight is 307 g/mol. The maximum absolute atomic E-state index is 9.45. The molecule has 2 aromatic carbocycles. The molecule has 3 rings (SSSR count). The van der Waals surface area contributed by atoms with E-state index in [1.165, 1.54) is 0 Å². The van der Waals surface area contributed by atoms with Crippen LogP contribution >= 0.6 is 23.2 Å². The normalized spacial score (nSPS) is 10.7. The van der Waals surface area contributed by atoms with Gasteiger partial charge >= 0.3 is 0 Å². The van der Waals surface area contributed by atoms with Gasteiger partial charge in [-0.05, 0) is 24.3 Å². The molecular weight excluding hydrogens is 299 g/mol. The molecule has 6 heteroatoms. The SMILES string of the molecule is Oc1cccc(-c2noc(-c3cccc(Cl)c3Cl)n2)c1. The molecule has 0 saturated heterocycles. The van der Waals surface area contributed by atoms with Crippen molar-refractivity contribution in [2.24, 2.45) is 0 Å². The molecule has 0 bridgehead atoms. The zero-order chi connectivity index (χ0) is 14.1. The van der Waals surface area contributed by atoms with Gasteiger partial charge in [-0.1, -0.05) is 46.6 Å². The van der Waals surface area contributed by atoms with Crippen LogP contribution in [0.15, 0.2) is 47.0 Å². The molecule has 0 aliphatic rings. The Bertz CT molecular complexity index is 771. The predicted molar refractivity (Wildman–Crippen MR) is 76.9 cm³/mol. The summed E-state index contributed by atoms with van der Waals surface area (Å²) in [5.74, 6) is 0.775. The first-order valence-electron chi connectivity index (χ1n) is 5.72. The van der Waals surface area contributed by atoms with Crippen molar-refractivity contribution in [3.63, 3.8) is 0 Å². The van der Waals surface area contributed by atoms with Gasteiger partial charge in [0.15, 0.2) is 0 Å². The van der Waals surface area contributed by atoms with E-state index in [0.29, 0.717) is 27.0 Å². The van der Waals surface area contributed by atoms with Gasteiger partial charge in [0.05, 0.1) is 15.6 Å². The molecule has 1 heterocycles. The van der Waals surface area contributed by atoms with Crippen molar-refractivity contribution in [1.29, 1.82) is 0 Å². The summed E-state index contributed by atoms with van der Waals surface area (Å²) in [5, 5.41) is 14.1. The van der Waals surface area contributed by atoms with Gasteiger partial charge in [0.25, 0.3) is 5.89 Å². The summed E-state index contributed by atoms with van der Waals surface area (Å²) >= 11 is 12.1. The fourth-order valence-corrected chi connectivity index (χ4v) is 2.15. The van der Waals surface area contributed by atoms with Crippen molar-refractivity contribution in [3.8, 4) is 28.6 Å². The highest BCUT2D eigenvalue weighted by Crippen LogP contribution is 2.33. The summed E-state index contributed by atoms with van der Waals surface area (Å²) in [6.07, 6.45) is 0. The Hall–Kier alpha value is -2.04. The quantitative estimate of drug-likeness (QED) is 0.761. The summed E-state index contributed by atoms with van der Waals surface area (Å²) in [7, 11) is 0. The zero-order valence-electron chi connectivity index (χ0n) is 10.0. The molecular formula is C14H8Cl2N2O2. The lowest BCUT2D eigenvalue weighted by Crippen LogP contribution is -1.82. The minimum absolute atomic E-state index is 0.134. The summed E-state index contributed by atoms with van der Waals surface area (Å²) in [6, 6.07) is 11.8. The number of rotatable bonds is 2. The molecule has 0 aliphatic carbocycles. The van der Waals surface area contributed by atoms with Crippen LogP contribution in [0.25, 0.3) is 22.8 Å². The molecule has 0 spiro atoms. The molecule has 0 aliphatic heterocycles. The van der Waals surface area contributed by atoms with Crippen LogP contribution in [-0.2, 0) is 0 Å². The van der Waals surface area contributed by atoms with E-state index in [1.54, 1.807) is 42.5 Å². The largest absolute Gasteiger partial charge is 0.508 e. The van der Waals surface area contributed by atoms with Gasteiger partial charge in [0.2, 0.25) is 5.82 Å². The van der Waals surface area contributed by atoms with Gasteiger partial charge in [0, 0.05) is 5.56 Å². The van der Waals surface area contributed by atoms with Crippen molar-refractivity contribution in [3.05, 3.63) is 52.5 Å². The van der Waals surface area contributed by atoms with E-state index in [2.05, 4.69) is 10.1 Å². The number of nitrogens with zero attached hydrogens (tertiary/aromatic N) is 2. The third kappa shape index (κ3) is 2.35. The van der Waals surface area contributed by atoms with Crippen LogP contribution in [0, 0.1) is 0 Å². The van der Waals surface area contributed by atoms with Crippen molar-refractivity contribution in [2.45, 2.75) is 0 Å². The molecule has 0 saturated carbocycles. The number of benzene rings is 2. The summed E-state index contributed by atoms with van der Waals surface area (Å²) in [4.78, 5) is 4.26. The number of phenolic OH excluding ortho intramolecular Hbond substituents is 1. The highest BCUT2D eigenvalue weighted by molar-refractivity contribution is 6.43. The van der Waals surface area contributed by atoms with E-state index >= 15 is 0 Å². The van der Waals surface area contributed by atoms with E-state index in [0.717, 1.165) is 0 Å². The van der Waals surface area contributed by atoms with Gasteiger partial charge in [-0.2, -0.15) is 4.98 Å². The molecule has 100 valence electrons.